The molecule has 2 amide bonds. The van der Waals surface area contributed by atoms with Crippen LogP contribution in [0.25, 0.3) is 0 Å². The van der Waals surface area contributed by atoms with E-state index in [1.165, 1.54) is 11.0 Å². The number of anilines is 2. The third-order valence-electron chi connectivity index (χ3n) is 2.90. The SMILES string of the molecule is C=CC(=O)N1c2cc(OC)ccc2NC(=O)C1C. The minimum atomic E-state index is -0.574. The van der Waals surface area contributed by atoms with Gasteiger partial charge >= 0.3 is 0 Å². The van der Waals surface area contributed by atoms with Crippen molar-refractivity contribution in [2.75, 3.05) is 17.3 Å². The van der Waals surface area contributed by atoms with Crippen molar-refractivity contribution in [3.63, 3.8) is 0 Å². The molecule has 1 aromatic carbocycles. The van der Waals surface area contributed by atoms with Gasteiger partial charge in [0, 0.05) is 6.07 Å². The Morgan fingerprint density at radius 2 is 2.28 bits per heavy atom. The molecule has 1 unspecified atom stereocenters. The van der Waals surface area contributed by atoms with Gasteiger partial charge in [0.2, 0.25) is 5.91 Å². The summed E-state index contributed by atoms with van der Waals surface area (Å²) >= 11 is 0. The Labute approximate surface area is 105 Å². The van der Waals surface area contributed by atoms with Crippen molar-refractivity contribution in [2.24, 2.45) is 0 Å². The highest BCUT2D eigenvalue weighted by Gasteiger charge is 2.32. The molecule has 0 saturated heterocycles. The van der Waals surface area contributed by atoms with Gasteiger partial charge in [-0.15, -0.1) is 0 Å². The molecule has 1 aromatic rings. The van der Waals surface area contributed by atoms with Gasteiger partial charge in [0.25, 0.3) is 5.91 Å². The zero-order chi connectivity index (χ0) is 13.3. The number of nitrogens with zero attached hydrogens (tertiary/aromatic N) is 1. The number of methoxy groups -OCH3 is 1. The maximum absolute atomic E-state index is 11.9. The molecule has 0 aromatic heterocycles. The van der Waals surface area contributed by atoms with Crippen LogP contribution in [0.1, 0.15) is 6.92 Å². The van der Waals surface area contributed by atoms with E-state index in [9.17, 15) is 9.59 Å². The van der Waals surface area contributed by atoms with Crippen LogP contribution in [0.15, 0.2) is 30.9 Å². The summed E-state index contributed by atoms with van der Waals surface area (Å²) in [7, 11) is 1.55. The van der Waals surface area contributed by atoms with Crippen molar-refractivity contribution >= 4 is 23.2 Å². The predicted molar refractivity (Wildman–Crippen MR) is 68.8 cm³/mol. The lowest BCUT2D eigenvalue weighted by Gasteiger charge is -2.34. The standard InChI is InChI=1S/C13H14N2O3/c1-4-12(16)15-8(2)13(17)14-10-6-5-9(18-3)7-11(10)15/h4-8H,1H2,2-3H3,(H,14,17). The van der Waals surface area contributed by atoms with Crippen molar-refractivity contribution in [3.8, 4) is 5.75 Å². The van der Waals surface area contributed by atoms with Crippen LogP contribution >= 0.6 is 0 Å². The molecule has 0 radical (unpaired) electrons. The van der Waals surface area contributed by atoms with Crippen molar-refractivity contribution in [3.05, 3.63) is 30.9 Å². The molecular weight excluding hydrogens is 232 g/mol. The Morgan fingerprint density at radius 3 is 2.89 bits per heavy atom. The molecule has 0 spiro atoms. The first-order chi connectivity index (χ1) is 8.58. The molecule has 0 bridgehead atoms. The highest BCUT2D eigenvalue weighted by Crippen LogP contribution is 2.35. The zero-order valence-corrected chi connectivity index (χ0v) is 10.3. The highest BCUT2D eigenvalue weighted by atomic mass is 16.5. The predicted octanol–water partition coefficient (Wildman–Crippen LogP) is 1.55. The first kappa shape index (κ1) is 12.2. The number of carbonyl (C=O) groups excluding carboxylic acids is 2. The summed E-state index contributed by atoms with van der Waals surface area (Å²) in [5.41, 5.74) is 1.21. The normalized spacial score (nSPS) is 17.8. The van der Waals surface area contributed by atoms with Gasteiger partial charge < -0.3 is 10.1 Å². The Bertz CT molecular complexity index is 525. The summed E-state index contributed by atoms with van der Waals surface area (Å²) in [6.07, 6.45) is 1.19. The van der Waals surface area contributed by atoms with Crippen molar-refractivity contribution < 1.29 is 14.3 Å². The van der Waals surface area contributed by atoms with Crippen LogP contribution in [0.3, 0.4) is 0 Å². The molecule has 5 heteroatoms. The average Bonchev–Trinajstić information content (AvgIpc) is 2.39. The van der Waals surface area contributed by atoms with Crippen LogP contribution in [-0.4, -0.2) is 25.0 Å². The van der Waals surface area contributed by atoms with Gasteiger partial charge in [0.05, 0.1) is 18.5 Å². The van der Waals surface area contributed by atoms with Crippen LogP contribution in [0, 0.1) is 0 Å². The molecule has 1 heterocycles. The van der Waals surface area contributed by atoms with Gasteiger partial charge in [-0.05, 0) is 25.1 Å². The fourth-order valence-electron chi connectivity index (χ4n) is 1.91. The summed E-state index contributed by atoms with van der Waals surface area (Å²) in [6, 6.07) is 4.58. The van der Waals surface area contributed by atoms with E-state index >= 15 is 0 Å². The Morgan fingerprint density at radius 1 is 1.56 bits per heavy atom. The van der Waals surface area contributed by atoms with Gasteiger partial charge in [0.15, 0.2) is 0 Å². The van der Waals surface area contributed by atoms with E-state index in [-0.39, 0.29) is 11.8 Å². The maximum atomic E-state index is 11.9. The van der Waals surface area contributed by atoms with E-state index in [1.807, 2.05) is 0 Å². The monoisotopic (exact) mass is 246 g/mol. The number of hydrogen-bond donors (Lipinski definition) is 1. The van der Waals surface area contributed by atoms with Crippen molar-refractivity contribution in [2.45, 2.75) is 13.0 Å². The van der Waals surface area contributed by atoms with Gasteiger partial charge in [-0.25, -0.2) is 0 Å². The fraction of sp³-hybridized carbons (Fsp3) is 0.231. The van der Waals surface area contributed by atoms with Crippen molar-refractivity contribution in [1.82, 2.24) is 0 Å². The lowest BCUT2D eigenvalue weighted by atomic mass is 10.1. The average molecular weight is 246 g/mol. The summed E-state index contributed by atoms with van der Waals surface area (Å²) < 4.78 is 5.13. The van der Waals surface area contributed by atoms with E-state index < -0.39 is 6.04 Å². The minimum Gasteiger partial charge on any atom is -0.497 e. The Hall–Kier alpha value is -2.30. The van der Waals surface area contributed by atoms with Gasteiger partial charge in [-0.2, -0.15) is 0 Å². The number of hydrogen-bond acceptors (Lipinski definition) is 3. The molecule has 0 saturated carbocycles. The molecule has 0 fully saturated rings. The van der Waals surface area contributed by atoms with E-state index in [2.05, 4.69) is 11.9 Å². The molecule has 18 heavy (non-hydrogen) atoms. The van der Waals surface area contributed by atoms with Crippen LogP contribution in [0.2, 0.25) is 0 Å². The quantitative estimate of drug-likeness (QED) is 0.805. The third-order valence-corrected chi connectivity index (χ3v) is 2.90. The number of nitrogens with one attached hydrogen (secondary N) is 1. The topological polar surface area (TPSA) is 58.6 Å². The summed E-state index contributed by atoms with van der Waals surface area (Å²) in [4.78, 5) is 25.1. The molecule has 2 rings (SSSR count). The smallest absolute Gasteiger partial charge is 0.251 e. The molecule has 94 valence electrons. The first-order valence-corrected chi connectivity index (χ1v) is 5.53. The Balaban J connectivity index is 2.56. The number of fused-ring (bicyclic) bond motifs is 1. The summed E-state index contributed by atoms with van der Waals surface area (Å²) in [5, 5.41) is 2.75. The number of benzene rings is 1. The van der Waals surface area contributed by atoms with Crippen LogP contribution in [-0.2, 0) is 9.59 Å². The molecule has 0 aliphatic carbocycles. The second-order valence-corrected chi connectivity index (χ2v) is 3.96. The lowest BCUT2D eigenvalue weighted by Crippen LogP contribution is -2.48. The largest absolute Gasteiger partial charge is 0.497 e. The van der Waals surface area contributed by atoms with E-state index in [0.29, 0.717) is 17.1 Å². The Kier molecular flexibility index (Phi) is 3.06. The van der Waals surface area contributed by atoms with Crippen molar-refractivity contribution in [1.29, 1.82) is 0 Å². The highest BCUT2D eigenvalue weighted by molar-refractivity contribution is 6.14. The lowest BCUT2D eigenvalue weighted by molar-refractivity contribution is -0.121. The second kappa shape index (κ2) is 4.52. The molecule has 5 nitrogen and oxygen atoms in total. The third kappa shape index (κ3) is 1.84. The molecular formula is C13H14N2O3. The van der Waals surface area contributed by atoms with Gasteiger partial charge in [-0.1, -0.05) is 6.58 Å². The van der Waals surface area contributed by atoms with Crippen LogP contribution in [0.4, 0.5) is 11.4 Å². The number of carbonyl (C=O) groups is 2. The molecule has 1 atom stereocenters. The molecule has 1 aliphatic rings. The second-order valence-electron chi connectivity index (χ2n) is 3.96. The first-order valence-electron chi connectivity index (χ1n) is 5.53. The summed E-state index contributed by atoms with van der Waals surface area (Å²) in [5.74, 6) is 0.0914. The van der Waals surface area contributed by atoms with E-state index in [0.717, 1.165) is 0 Å². The van der Waals surface area contributed by atoms with Gasteiger partial charge in [-0.3, -0.25) is 14.5 Å². The minimum absolute atomic E-state index is 0.220. The summed E-state index contributed by atoms with van der Waals surface area (Å²) in [6.45, 7) is 5.12. The molecule has 1 N–H and O–H groups in total. The number of rotatable bonds is 2. The number of ether oxygens (including phenoxy) is 1. The van der Waals surface area contributed by atoms with E-state index in [1.54, 1.807) is 32.2 Å². The van der Waals surface area contributed by atoms with Gasteiger partial charge in [0.1, 0.15) is 11.8 Å². The van der Waals surface area contributed by atoms with E-state index in [4.69, 9.17) is 4.74 Å². The van der Waals surface area contributed by atoms with Crippen LogP contribution < -0.4 is 15.0 Å². The fourth-order valence-corrected chi connectivity index (χ4v) is 1.91. The maximum Gasteiger partial charge on any atom is 0.251 e. The number of amides is 2. The molecule has 1 aliphatic heterocycles. The zero-order valence-electron chi connectivity index (χ0n) is 10.3. The van der Waals surface area contributed by atoms with Crippen LogP contribution in [0.5, 0.6) is 5.75 Å².